The van der Waals surface area contributed by atoms with Crippen molar-refractivity contribution in [1.29, 1.82) is 0 Å². The Kier molecular flexibility index (Phi) is 3.95. The van der Waals surface area contributed by atoms with Gasteiger partial charge in [-0.05, 0) is 26.3 Å². The Morgan fingerprint density at radius 3 is 2.50 bits per heavy atom. The first kappa shape index (κ1) is 14.7. The van der Waals surface area contributed by atoms with Crippen LogP contribution in [0.25, 0.3) is 0 Å². The van der Waals surface area contributed by atoms with Crippen LogP contribution in [0.3, 0.4) is 0 Å². The molecule has 0 spiro atoms. The standard InChI is InChI=1S/C16H21NO3/c1-15(2)12-20-16(3,9-10-18)14(19)17(15)11-13-7-5-4-6-8-13/h4-8,10H,9,11-12H2,1-3H3. The van der Waals surface area contributed by atoms with Crippen molar-refractivity contribution in [3.8, 4) is 0 Å². The van der Waals surface area contributed by atoms with Gasteiger partial charge >= 0.3 is 0 Å². The van der Waals surface area contributed by atoms with Crippen molar-refractivity contribution in [2.75, 3.05) is 6.61 Å². The smallest absolute Gasteiger partial charge is 0.255 e. The highest BCUT2D eigenvalue weighted by molar-refractivity contribution is 5.88. The average Bonchev–Trinajstić information content (AvgIpc) is 2.42. The van der Waals surface area contributed by atoms with Crippen molar-refractivity contribution >= 4 is 12.2 Å². The molecule has 1 aromatic carbocycles. The second-order valence-corrected chi connectivity index (χ2v) is 6.08. The van der Waals surface area contributed by atoms with Gasteiger partial charge in [0, 0.05) is 13.0 Å². The van der Waals surface area contributed by atoms with E-state index in [0.29, 0.717) is 13.2 Å². The third kappa shape index (κ3) is 2.75. The van der Waals surface area contributed by atoms with Gasteiger partial charge in [-0.15, -0.1) is 0 Å². The van der Waals surface area contributed by atoms with Gasteiger partial charge in [0.1, 0.15) is 6.29 Å². The molecule has 108 valence electrons. The van der Waals surface area contributed by atoms with Gasteiger partial charge in [-0.2, -0.15) is 0 Å². The fourth-order valence-electron chi connectivity index (χ4n) is 2.39. The molecule has 1 unspecified atom stereocenters. The molecule has 1 aliphatic rings. The van der Waals surface area contributed by atoms with E-state index in [2.05, 4.69) is 0 Å². The Morgan fingerprint density at radius 1 is 1.25 bits per heavy atom. The molecule has 4 nitrogen and oxygen atoms in total. The van der Waals surface area contributed by atoms with Crippen molar-refractivity contribution in [2.45, 2.75) is 44.9 Å². The summed E-state index contributed by atoms with van der Waals surface area (Å²) in [5.74, 6) is -0.121. The van der Waals surface area contributed by atoms with Gasteiger partial charge in [0.05, 0.1) is 12.1 Å². The van der Waals surface area contributed by atoms with Gasteiger partial charge in [0.2, 0.25) is 0 Å². The van der Waals surface area contributed by atoms with E-state index in [1.807, 2.05) is 49.1 Å². The topological polar surface area (TPSA) is 46.6 Å². The van der Waals surface area contributed by atoms with E-state index < -0.39 is 5.60 Å². The van der Waals surface area contributed by atoms with Gasteiger partial charge in [-0.1, -0.05) is 30.3 Å². The molecule has 1 aromatic rings. The highest BCUT2D eigenvalue weighted by Gasteiger charge is 2.48. The van der Waals surface area contributed by atoms with E-state index >= 15 is 0 Å². The third-order valence-corrected chi connectivity index (χ3v) is 3.83. The van der Waals surface area contributed by atoms with Gasteiger partial charge in [0.15, 0.2) is 5.60 Å². The van der Waals surface area contributed by atoms with Crippen LogP contribution in [0.4, 0.5) is 0 Å². The van der Waals surface area contributed by atoms with Gasteiger partial charge in [-0.3, -0.25) is 4.79 Å². The largest absolute Gasteiger partial charge is 0.363 e. The summed E-state index contributed by atoms with van der Waals surface area (Å²) in [5.41, 5.74) is -0.342. The second kappa shape index (κ2) is 5.37. The number of rotatable bonds is 4. The highest BCUT2D eigenvalue weighted by atomic mass is 16.5. The molecule has 0 bridgehead atoms. The van der Waals surface area contributed by atoms with E-state index in [1.54, 1.807) is 6.92 Å². The van der Waals surface area contributed by atoms with E-state index in [9.17, 15) is 9.59 Å². The summed E-state index contributed by atoms with van der Waals surface area (Å²) < 4.78 is 5.68. The molecule has 0 N–H and O–H groups in total. The fourth-order valence-corrected chi connectivity index (χ4v) is 2.39. The number of aldehydes is 1. The summed E-state index contributed by atoms with van der Waals surface area (Å²) in [4.78, 5) is 25.3. The van der Waals surface area contributed by atoms with Crippen LogP contribution in [0.15, 0.2) is 30.3 Å². The van der Waals surface area contributed by atoms with Crippen molar-refractivity contribution in [3.05, 3.63) is 35.9 Å². The summed E-state index contributed by atoms with van der Waals surface area (Å²) in [7, 11) is 0. The molecule has 20 heavy (non-hydrogen) atoms. The molecular weight excluding hydrogens is 254 g/mol. The lowest BCUT2D eigenvalue weighted by atomic mass is 9.91. The maximum Gasteiger partial charge on any atom is 0.255 e. The van der Waals surface area contributed by atoms with Crippen LogP contribution in [-0.2, 0) is 20.9 Å². The SMILES string of the molecule is CC1(CC=O)OCC(C)(C)N(Cc2ccccc2)C1=O. The van der Waals surface area contributed by atoms with Crippen LogP contribution in [0.1, 0.15) is 32.8 Å². The predicted octanol–water partition coefficient (Wildman–Crippen LogP) is 2.17. The van der Waals surface area contributed by atoms with Crippen LogP contribution >= 0.6 is 0 Å². The Balaban J connectivity index is 2.26. The number of morpholine rings is 1. The molecule has 1 aliphatic heterocycles. The zero-order valence-electron chi connectivity index (χ0n) is 12.3. The molecule has 0 radical (unpaired) electrons. The molecule has 0 aliphatic carbocycles. The van der Waals surface area contributed by atoms with Crippen LogP contribution < -0.4 is 0 Å². The molecule has 4 heteroatoms. The third-order valence-electron chi connectivity index (χ3n) is 3.83. The summed E-state index contributed by atoms with van der Waals surface area (Å²) in [5, 5.41) is 0. The minimum absolute atomic E-state index is 0.0905. The maximum absolute atomic E-state index is 12.7. The normalized spacial score (nSPS) is 25.6. The Bertz CT molecular complexity index is 498. The van der Waals surface area contributed by atoms with Gasteiger partial charge in [0.25, 0.3) is 5.91 Å². The van der Waals surface area contributed by atoms with Crippen molar-refractivity contribution in [3.63, 3.8) is 0 Å². The number of carbonyl (C=O) groups excluding carboxylic acids is 2. The molecular formula is C16H21NO3. The quantitative estimate of drug-likeness (QED) is 0.791. The number of hydrogen-bond acceptors (Lipinski definition) is 3. The molecule has 1 saturated heterocycles. The summed E-state index contributed by atoms with van der Waals surface area (Å²) in [6, 6.07) is 9.85. The van der Waals surface area contributed by atoms with E-state index in [4.69, 9.17) is 4.74 Å². The fraction of sp³-hybridized carbons (Fsp3) is 0.500. The minimum Gasteiger partial charge on any atom is -0.363 e. The van der Waals surface area contributed by atoms with Crippen LogP contribution in [0.5, 0.6) is 0 Å². The first-order chi connectivity index (χ1) is 9.39. The summed E-state index contributed by atoms with van der Waals surface area (Å²) in [6.07, 6.45) is 0.837. The Hall–Kier alpha value is -1.68. The average molecular weight is 275 g/mol. The number of benzene rings is 1. The number of carbonyl (C=O) groups is 2. The predicted molar refractivity (Wildman–Crippen MR) is 76.1 cm³/mol. The van der Waals surface area contributed by atoms with Gasteiger partial charge in [-0.25, -0.2) is 0 Å². The molecule has 1 fully saturated rings. The molecule has 2 rings (SSSR count). The van der Waals surface area contributed by atoms with Crippen LogP contribution in [-0.4, -0.2) is 34.8 Å². The molecule has 0 aromatic heterocycles. The maximum atomic E-state index is 12.7. The Morgan fingerprint density at radius 2 is 1.90 bits per heavy atom. The second-order valence-electron chi connectivity index (χ2n) is 6.08. The van der Waals surface area contributed by atoms with Crippen molar-refractivity contribution < 1.29 is 14.3 Å². The van der Waals surface area contributed by atoms with Crippen molar-refractivity contribution in [2.24, 2.45) is 0 Å². The first-order valence-corrected chi connectivity index (χ1v) is 6.83. The minimum atomic E-state index is -1.04. The molecule has 1 heterocycles. The first-order valence-electron chi connectivity index (χ1n) is 6.83. The Labute approximate surface area is 119 Å². The number of amides is 1. The van der Waals surface area contributed by atoms with Crippen LogP contribution in [0.2, 0.25) is 0 Å². The van der Waals surface area contributed by atoms with Gasteiger partial charge < -0.3 is 14.4 Å². The van der Waals surface area contributed by atoms with E-state index in [1.165, 1.54) is 0 Å². The number of hydrogen-bond donors (Lipinski definition) is 0. The number of ether oxygens (including phenoxy) is 1. The van der Waals surface area contributed by atoms with E-state index in [-0.39, 0.29) is 17.9 Å². The van der Waals surface area contributed by atoms with E-state index in [0.717, 1.165) is 11.8 Å². The lowest BCUT2D eigenvalue weighted by Crippen LogP contribution is -2.63. The van der Waals surface area contributed by atoms with Crippen molar-refractivity contribution in [1.82, 2.24) is 4.90 Å². The monoisotopic (exact) mass is 275 g/mol. The summed E-state index contributed by atoms with van der Waals surface area (Å²) >= 11 is 0. The molecule has 0 saturated carbocycles. The lowest BCUT2D eigenvalue weighted by molar-refractivity contribution is -0.189. The van der Waals surface area contributed by atoms with Crippen LogP contribution in [0, 0.1) is 0 Å². The highest BCUT2D eigenvalue weighted by Crippen LogP contribution is 2.32. The lowest BCUT2D eigenvalue weighted by Gasteiger charge is -2.48. The zero-order valence-corrected chi connectivity index (χ0v) is 12.3. The molecule has 1 amide bonds. The number of nitrogens with zero attached hydrogens (tertiary/aromatic N) is 1. The summed E-state index contributed by atoms with van der Waals surface area (Å²) in [6.45, 7) is 6.61. The zero-order chi connectivity index (χ0) is 14.8. The molecule has 1 atom stereocenters.